The van der Waals surface area contributed by atoms with Crippen LogP contribution in [0.2, 0.25) is 0 Å². The summed E-state index contributed by atoms with van der Waals surface area (Å²) in [5.74, 6) is 12.1. The van der Waals surface area contributed by atoms with Crippen LogP contribution in [0, 0.1) is 36.4 Å². The molecular weight excluding hydrogens is 271 g/mol. The molecule has 0 fully saturated rings. The smallest absolute Gasteiger partial charge is 0.127 e. The highest BCUT2D eigenvalue weighted by molar-refractivity contribution is 5.44. The second kappa shape index (κ2) is 8.06. The van der Waals surface area contributed by atoms with Crippen LogP contribution >= 0.6 is 0 Å². The third-order valence-corrected chi connectivity index (χ3v) is 3.27. The van der Waals surface area contributed by atoms with Gasteiger partial charge in [0.1, 0.15) is 5.82 Å². The molecule has 0 aromatic heterocycles. The molecule has 0 saturated heterocycles. The molecule has 2 rings (SSSR count). The summed E-state index contributed by atoms with van der Waals surface area (Å²) in [4.78, 5) is 0. The molecule has 0 atom stereocenters. The molecule has 2 aromatic rings. The monoisotopic (exact) mass is 290 g/mol. The summed E-state index contributed by atoms with van der Waals surface area (Å²) in [6, 6.07) is 13.1. The van der Waals surface area contributed by atoms with E-state index in [1.165, 1.54) is 11.6 Å². The van der Waals surface area contributed by atoms with Gasteiger partial charge in [0.05, 0.1) is 0 Å². The Bertz CT molecular complexity index is 746. The minimum Gasteiger partial charge on any atom is -0.207 e. The Kier molecular flexibility index (Phi) is 5.81. The SMILES string of the molecule is CCCC#CCc1ccc(C#Cc2ccc(C)c(F)c2)cc1. The first kappa shape index (κ1) is 15.9. The van der Waals surface area contributed by atoms with Crippen LogP contribution < -0.4 is 0 Å². The van der Waals surface area contributed by atoms with Crippen molar-refractivity contribution >= 4 is 0 Å². The van der Waals surface area contributed by atoms with E-state index in [-0.39, 0.29) is 5.82 Å². The van der Waals surface area contributed by atoms with E-state index in [1.807, 2.05) is 30.3 Å². The maximum Gasteiger partial charge on any atom is 0.127 e. The highest BCUT2D eigenvalue weighted by Crippen LogP contribution is 2.09. The zero-order chi connectivity index (χ0) is 15.8. The van der Waals surface area contributed by atoms with Crippen LogP contribution in [-0.2, 0) is 6.42 Å². The van der Waals surface area contributed by atoms with E-state index in [4.69, 9.17) is 0 Å². The van der Waals surface area contributed by atoms with Gasteiger partial charge < -0.3 is 0 Å². The first-order chi connectivity index (χ1) is 10.7. The molecule has 22 heavy (non-hydrogen) atoms. The van der Waals surface area contributed by atoms with Crippen molar-refractivity contribution in [3.63, 3.8) is 0 Å². The molecule has 0 bridgehead atoms. The predicted octanol–water partition coefficient (Wildman–Crippen LogP) is 4.88. The van der Waals surface area contributed by atoms with Gasteiger partial charge in [0.2, 0.25) is 0 Å². The molecule has 1 heteroatoms. The Morgan fingerprint density at radius 1 is 0.909 bits per heavy atom. The molecule has 0 unspecified atom stereocenters. The first-order valence-corrected chi connectivity index (χ1v) is 7.52. The van der Waals surface area contributed by atoms with Crippen LogP contribution in [0.25, 0.3) is 0 Å². The molecule has 0 aliphatic heterocycles. The minimum absolute atomic E-state index is 0.215. The molecule has 110 valence electrons. The average Bonchev–Trinajstić information content (AvgIpc) is 2.54. The fraction of sp³-hybridized carbons (Fsp3) is 0.238. The molecule has 0 radical (unpaired) electrons. The average molecular weight is 290 g/mol. The summed E-state index contributed by atoms with van der Waals surface area (Å²) in [5.41, 5.74) is 3.44. The van der Waals surface area contributed by atoms with Crippen molar-refractivity contribution in [1.82, 2.24) is 0 Å². The van der Waals surface area contributed by atoms with Gasteiger partial charge in [0, 0.05) is 24.0 Å². The lowest BCUT2D eigenvalue weighted by atomic mass is 10.1. The fourth-order valence-electron chi connectivity index (χ4n) is 1.90. The number of hydrogen-bond acceptors (Lipinski definition) is 0. The summed E-state index contributed by atoms with van der Waals surface area (Å²) < 4.78 is 13.5. The molecule has 0 N–H and O–H groups in total. The van der Waals surface area contributed by atoms with Crippen molar-refractivity contribution < 1.29 is 4.39 Å². The van der Waals surface area contributed by atoms with Crippen LogP contribution in [0.1, 0.15) is 42.0 Å². The van der Waals surface area contributed by atoms with Gasteiger partial charge >= 0.3 is 0 Å². The summed E-state index contributed by atoms with van der Waals surface area (Å²) in [6.45, 7) is 3.87. The Balaban J connectivity index is 2.04. The lowest BCUT2D eigenvalue weighted by Gasteiger charge is -1.97. The van der Waals surface area contributed by atoms with E-state index in [2.05, 4.69) is 30.6 Å². The number of halogens is 1. The van der Waals surface area contributed by atoms with Crippen molar-refractivity contribution in [3.05, 3.63) is 70.5 Å². The fourth-order valence-corrected chi connectivity index (χ4v) is 1.90. The van der Waals surface area contributed by atoms with Gasteiger partial charge in [-0.25, -0.2) is 4.39 Å². The predicted molar refractivity (Wildman–Crippen MR) is 89.9 cm³/mol. The quantitative estimate of drug-likeness (QED) is 0.691. The minimum atomic E-state index is -0.215. The van der Waals surface area contributed by atoms with Crippen LogP contribution in [0.5, 0.6) is 0 Å². The summed E-state index contributed by atoms with van der Waals surface area (Å²) in [7, 11) is 0. The second-order valence-electron chi connectivity index (χ2n) is 5.19. The maximum absolute atomic E-state index is 13.5. The zero-order valence-corrected chi connectivity index (χ0v) is 13.0. The highest BCUT2D eigenvalue weighted by Gasteiger charge is 1.96. The molecule has 0 spiro atoms. The lowest BCUT2D eigenvalue weighted by Crippen LogP contribution is -1.84. The van der Waals surface area contributed by atoms with Gasteiger partial charge in [0.15, 0.2) is 0 Å². The van der Waals surface area contributed by atoms with Crippen molar-refractivity contribution in [2.24, 2.45) is 0 Å². The van der Waals surface area contributed by atoms with E-state index in [0.29, 0.717) is 11.1 Å². The van der Waals surface area contributed by atoms with Crippen molar-refractivity contribution in [2.45, 2.75) is 33.1 Å². The largest absolute Gasteiger partial charge is 0.207 e. The van der Waals surface area contributed by atoms with Gasteiger partial charge in [-0.15, -0.1) is 5.92 Å². The van der Waals surface area contributed by atoms with Gasteiger partial charge in [-0.05, 0) is 48.7 Å². The maximum atomic E-state index is 13.5. The van der Waals surface area contributed by atoms with E-state index < -0.39 is 0 Å². The molecular formula is C21H19F. The number of hydrogen-bond donors (Lipinski definition) is 0. The number of aryl methyl sites for hydroxylation is 1. The second-order valence-corrected chi connectivity index (χ2v) is 5.19. The molecule has 0 heterocycles. The molecule has 0 amide bonds. The van der Waals surface area contributed by atoms with Crippen LogP contribution in [-0.4, -0.2) is 0 Å². The standard InChI is InChI=1S/C21H19F/c1-3-4-5-6-7-18-10-12-19(13-11-18)14-15-20-9-8-17(2)21(22)16-20/h8-13,16H,3-4,7H2,1-2H3. The summed E-state index contributed by atoms with van der Waals surface area (Å²) >= 11 is 0. The Morgan fingerprint density at radius 2 is 1.59 bits per heavy atom. The third kappa shape index (κ3) is 4.80. The number of unbranched alkanes of at least 4 members (excludes halogenated alkanes) is 1. The van der Waals surface area contributed by atoms with Gasteiger partial charge in [-0.2, -0.15) is 0 Å². The molecule has 2 aromatic carbocycles. The van der Waals surface area contributed by atoms with E-state index in [0.717, 1.165) is 24.8 Å². The Morgan fingerprint density at radius 3 is 2.27 bits per heavy atom. The van der Waals surface area contributed by atoms with Crippen molar-refractivity contribution in [2.75, 3.05) is 0 Å². The normalized spacial score (nSPS) is 9.41. The van der Waals surface area contributed by atoms with Gasteiger partial charge in [-0.1, -0.05) is 42.9 Å². The summed E-state index contributed by atoms with van der Waals surface area (Å²) in [6.07, 6.45) is 2.83. The topological polar surface area (TPSA) is 0 Å². The molecule has 0 aliphatic carbocycles. The van der Waals surface area contributed by atoms with Crippen LogP contribution in [0.4, 0.5) is 4.39 Å². The van der Waals surface area contributed by atoms with Crippen molar-refractivity contribution in [3.8, 4) is 23.7 Å². The van der Waals surface area contributed by atoms with E-state index in [1.54, 1.807) is 13.0 Å². The molecule has 0 nitrogen and oxygen atoms in total. The Labute approximate surface area is 132 Å². The Hall–Kier alpha value is -2.51. The molecule has 0 aliphatic rings. The number of benzene rings is 2. The third-order valence-electron chi connectivity index (χ3n) is 3.27. The number of rotatable bonds is 2. The van der Waals surface area contributed by atoms with Gasteiger partial charge in [0.25, 0.3) is 0 Å². The van der Waals surface area contributed by atoms with E-state index >= 15 is 0 Å². The first-order valence-electron chi connectivity index (χ1n) is 7.52. The zero-order valence-electron chi connectivity index (χ0n) is 13.0. The lowest BCUT2D eigenvalue weighted by molar-refractivity contribution is 0.618. The molecule has 0 saturated carbocycles. The highest BCUT2D eigenvalue weighted by atomic mass is 19.1. The van der Waals surface area contributed by atoms with Crippen LogP contribution in [0.3, 0.4) is 0 Å². The van der Waals surface area contributed by atoms with Crippen LogP contribution in [0.15, 0.2) is 42.5 Å². The van der Waals surface area contributed by atoms with Crippen molar-refractivity contribution in [1.29, 1.82) is 0 Å². The van der Waals surface area contributed by atoms with Gasteiger partial charge in [-0.3, -0.25) is 0 Å². The van der Waals surface area contributed by atoms with E-state index in [9.17, 15) is 4.39 Å². The summed E-state index contributed by atoms with van der Waals surface area (Å²) in [5, 5.41) is 0.